The molecule has 2 heterocycles. The second kappa shape index (κ2) is 5.83. The molecule has 0 atom stereocenters. The second-order valence-electron chi connectivity index (χ2n) is 4.88. The smallest absolute Gasteiger partial charge is 0.273 e. The molecule has 1 aromatic heterocycles. The number of rotatable bonds is 5. The Kier molecular flexibility index (Phi) is 4.14. The maximum Gasteiger partial charge on any atom is 0.273 e. The number of hydrogen-bond donors (Lipinski definition) is 1. The number of aromatic nitrogens is 1. The molecule has 0 unspecified atom stereocenters. The molecule has 1 fully saturated rings. The van der Waals surface area contributed by atoms with Crippen LogP contribution in [0, 0.1) is 0 Å². The van der Waals surface area contributed by atoms with Gasteiger partial charge in [-0.2, -0.15) is 4.31 Å². The Labute approximate surface area is 137 Å². The Morgan fingerprint density at radius 1 is 1.13 bits per heavy atom. The van der Waals surface area contributed by atoms with Crippen molar-refractivity contribution in [2.45, 2.75) is 15.9 Å². The number of sulfonamides is 2. The number of thiazole rings is 1. The summed E-state index contributed by atoms with van der Waals surface area (Å²) in [6.07, 6.45) is 1.37. The summed E-state index contributed by atoms with van der Waals surface area (Å²) in [6.45, 7) is 0.442. The summed E-state index contributed by atoms with van der Waals surface area (Å²) >= 11 is 1.34. The van der Waals surface area contributed by atoms with Crippen molar-refractivity contribution in [1.82, 2.24) is 9.29 Å². The molecule has 0 bridgehead atoms. The van der Waals surface area contributed by atoms with Gasteiger partial charge in [0.15, 0.2) is 0 Å². The monoisotopic (exact) mass is 375 g/mol. The minimum Gasteiger partial charge on any atom is -0.464 e. The molecule has 3 rings (SSSR count). The number of nitrogens with zero attached hydrogens (tertiary/aromatic N) is 2. The lowest BCUT2D eigenvalue weighted by atomic mass is 10.2. The average Bonchev–Trinajstić information content (AvgIpc) is 2.94. The van der Waals surface area contributed by atoms with Gasteiger partial charge in [-0.25, -0.2) is 27.0 Å². The third-order valence-corrected chi connectivity index (χ3v) is 6.72. The standard InChI is InChI=1S/C12H13N3O5S3/c13-22(16,17)10-1-3-11(4-2-10)23(18,19)15-7-9(8-15)20-12-14-5-6-21-12/h1-6,9H,7-8H2,(H2,13,16,17). The Morgan fingerprint density at radius 2 is 1.74 bits per heavy atom. The predicted octanol–water partition coefficient (Wildman–Crippen LogP) is 0.242. The molecule has 1 aliphatic rings. The SMILES string of the molecule is NS(=O)(=O)c1ccc(S(=O)(=O)N2CC(Oc3nccs3)C2)cc1. The lowest BCUT2D eigenvalue weighted by Gasteiger charge is -2.37. The van der Waals surface area contributed by atoms with Crippen LogP contribution in [0.1, 0.15) is 0 Å². The molecule has 0 saturated carbocycles. The number of primary sulfonamides is 1. The van der Waals surface area contributed by atoms with Crippen LogP contribution in [-0.4, -0.2) is 45.3 Å². The van der Waals surface area contributed by atoms with Gasteiger partial charge in [-0.1, -0.05) is 11.3 Å². The molecule has 124 valence electrons. The van der Waals surface area contributed by atoms with Gasteiger partial charge in [0.1, 0.15) is 6.10 Å². The first-order valence-electron chi connectivity index (χ1n) is 6.46. The van der Waals surface area contributed by atoms with Crippen LogP contribution in [0.2, 0.25) is 0 Å². The predicted molar refractivity (Wildman–Crippen MR) is 83.1 cm³/mol. The number of ether oxygens (including phenoxy) is 1. The molecule has 8 nitrogen and oxygen atoms in total. The fraction of sp³-hybridized carbons (Fsp3) is 0.250. The molecule has 0 aliphatic carbocycles. The largest absolute Gasteiger partial charge is 0.464 e. The third-order valence-electron chi connectivity index (χ3n) is 3.28. The minimum absolute atomic E-state index is 0.0117. The van der Waals surface area contributed by atoms with Crippen LogP contribution in [0.25, 0.3) is 0 Å². The van der Waals surface area contributed by atoms with Crippen molar-refractivity contribution in [3.05, 3.63) is 35.8 Å². The van der Waals surface area contributed by atoms with Gasteiger partial charge in [0.25, 0.3) is 5.19 Å². The van der Waals surface area contributed by atoms with E-state index in [4.69, 9.17) is 9.88 Å². The lowest BCUT2D eigenvalue weighted by Crippen LogP contribution is -2.55. The number of hydrogen-bond acceptors (Lipinski definition) is 7. The van der Waals surface area contributed by atoms with E-state index in [1.165, 1.54) is 39.9 Å². The van der Waals surface area contributed by atoms with Crippen molar-refractivity contribution in [3.8, 4) is 5.19 Å². The van der Waals surface area contributed by atoms with Gasteiger partial charge in [-0.05, 0) is 24.3 Å². The highest BCUT2D eigenvalue weighted by molar-refractivity contribution is 7.89. The molecule has 1 aliphatic heterocycles. The first kappa shape index (κ1) is 16.3. The van der Waals surface area contributed by atoms with Crippen LogP contribution in [0.15, 0.2) is 45.6 Å². The Bertz CT molecular complexity index is 886. The van der Waals surface area contributed by atoms with E-state index in [0.717, 1.165) is 0 Å². The van der Waals surface area contributed by atoms with E-state index in [-0.39, 0.29) is 29.0 Å². The van der Waals surface area contributed by atoms with E-state index in [9.17, 15) is 16.8 Å². The van der Waals surface area contributed by atoms with Gasteiger partial charge in [0, 0.05) is 11.6 Å². The van der Waals surface area contributed by atoms with Crippen LogP contribution in [0.4, 0.5) is 0 Å². The minimum atomic E-state index is -3.85. The molecule has 0 amide bonds. The van der Waals surface area contributed by atoms with Gasteiger partial charge in [0.2, 0.25) is 20.0 Å². The summed E-state index contributed by atoms with van der Waals surface area (Å²) in [5.74, 6) is 0. The molecule has 0 spiro atoms. The quantitative estimate of drug-likeness (QED) is 0.799. The van der Waals surface area contributed by atoms with E-state index < -0.39 is 20.0 Å². The molecule has 1 aromatic carbocycles. The Balaban J connectivity index is 1.68. The highest BCUT2D eigenvalue weighted by atomic mass is 32.2. The van der Waals surface area contributed by atoms with Crippen LogP contribution < -0.4 is 9.88 Å². The summed E-state index contributed by atoms with van der Waals surface area (Å²) in [5, 5.41) is 7.26. The Morgan fingerprint density at radius 3 is 2.26 bits per heavy atom. The van der Waals surface area contributed by atoms with Crippen molar-refractivity contribution < 1.29 is 21.6 Å². The maximum absolute atomic E-state index is 12.4. The van der Waals surface area contributed by atoms with Crippen molar-refractivity contribution in [3.63, 3.8) is 0 Å². The zero-order valence-electron chi connectivity index (χ0n) is 11.7. The molecule has 2 N–H and O–H groups in total. The molecule has 2 aromatic rings. The van der Waals surface area contributed by atoms with Crippen molar-refractivity contribution >= 4 is 31.4 Å². The van der Waals surface area contributed by atoms with Crippen LogP contribution >= 0.6 is 11.3 Å². The van der Waals surface area contributed by atoms with Crippen molar-refractivity contribution in [1.29, 1.82) is 0 Å². The third kappa shape index (κ3) is 3.38. The van der Waals surface area contributed by atoms with Crippen LogP contribution in [0.5, 0.6) is 5.19 Å². The van der Waals surface area contributed by atoms with Gasteiger partial charge >= 0.3 is 0 Å². The molecular formula is C12H13N3O5S3. The van der Waals surface area contributed by atoms with E-state index >= 15 is 0 Å². The van der Waals surface area contributed by atoms with E-state index in [2.05, 4.69) is 4.98 Å². The summed E-state index contributed by atoms with van der Waals surface area (Å²) in [4.78, 5) is 3.85. The van der Waals surface area contributed by atoms with E-state index in [1.54, 1.807) is 11.6 Å². The molecular weight excluding hydrogens is 362 g/mol. The van der Waals surface area contributed by atoms with Gasteiger partial charge < -0.3 is 4.74 Å². The zero-order chi connectivity index (χ0) is 16.7. The van der Waals surface area contributed by atoms with Crippen LogP contribution in [0.3, 0.4) is 0 Å². The highest BCUT2D eigenvalue weighted by Crippen LogP contribution is 2.26. The van der Waals surface area contributed by atoms with Gasteiger partial charge in [-0.3, -0.25) is 0 Å². The molecule has 1 saturated heterocycles. The maximum atomic E-state index is 12.4. The normalized spacial score (nSPS) is 16.9. The second-order valence-corrected chi connectivity index (χ2v) is 9.23. The van der Waals surface area contributed by atoms with Gasteiger partial charge in [-0.15, -0.1) is 0 Å². The lowest BCUT2D eigenvalue weighted by molar-refractivity contribution is 0.0759. The summed E-state index contributed by atoms with van der Waals surface area (Å²) < 4.78 is 54.0. The van der Waals surface area contributed by atoms with Crippen LogP contribution in [-0.2, 0) is 20.0 Å². The number of benzene rings is 1. The van der Waals surface area contributed by atoms with Crippen molar-refractivity contribution in [2.24, 2.45) is 5.14 Å². The molecule has 23 heavy (non-hydrogen) atoms. The van der Waals surface area contributed by atoms with E-state index in [0.29, 0.717) is 5.19 Å². The number of nitrogens with two attached hydrogens (primary N) is 1. The Hall–Kier alpha value is -1.53. The zero-order valence-corrected chi connectivity index (χ0v) is 14.1. The molecule has 0 radical (unpaired) electrons. The van der Waals surface area contributed by atoms with Crippen molar-refractivity contribution in [2.75, 3.05) is 13.1 Å². The highest BCUT2D eigenvalue weighted by Gasteiger charge is 2.38. The summed E-state index contributed by atoms with van der Waals surface area (Å²) in [5.41, 5.74) is 0. The fourth-order valence-electron chi connectivity index (χ4n) is 2.03. The summed E-state index contributed by atoms with van der Waals surface area (Å²) in [6, 6.07) is 4.80. The van der Waals surface area contributed by atoms with Gasteiger partial charge in [0.05, 0.1) is 22.9 Å². The van der Waals surface area contributed by atoms with E-state index in [1.807, 2.05) is 0 Å². The summed E-state index contributed by atoms with van der Waals surface area (Å²) in [7, 11) is -7.52. The first-order chi connectivity index (χ1) is 10.8. The molecule has 11 heteroatoms. The average molecular weight is 375 g/mol. The first-order valence-corrected chi connectivity index (χ1v) is 10.3. The topological polar surface area (TPSA) is 120 Å². The fourth-order valence-corrected chi connectivity index (χ4v) is 4.60.